The Morgan fingerprint density at radius 1 is 1.07 bits per heavy atom. The van der Waals surface area contributed by atoms with Crippen LogP contribution in [0.3, 0.4) is 0 Å². The standard InChI is InChI=1S/C20H28N6O3S/c27-18(21-19-22-20(24-23-19)25-11-5-2-6-12-25)17-9-13-26(14-10-17)30(28,29)15-16-7-3-1-4-8-16/h1,3-4,7-8,17H,2,5-6,9-15H2,(H2,21,22,23,24,27). The van der Waals surface area contributed by atoms with Crippen molar-refractivity contribution in [3.63, 3.8) is 0 Å². The number of aromatic amines is 1. The molecule has 2 fully saturated rings. The first-order valence-electron chi connectivity index (χ1n) is 10.5. The Kier molecular flexibility index (Phi) is 6.33. The molecule has 0 saturated carbocycles. The molecule has 3 heterocycles. The zero-order chi connectivity index (χ0) is 21.0. The fourth-order valence-corrected chi connectivity index (χ4v) is 5.60. The fraction of sp³-hybridized carbons (Fsp3) is 0.550. The number of benzene rings is 1. The molecule has 30 heavy (non-hydrogen) atoms. The predicted molar refractivity (Wildman–Crippen MR) is 114 cm³/mol. The van der Waals surface area contributed by atoms with Crippen LogP contribution in [0.5, 0.6) is 0 Å². The van der Waals surface area contributed by atoms with Crippen molar-refractivity contribution in [2.75, 3.05) is 36.4 Å². The number of nitrogens with one attached hydrogen (secondary N) is 2. The lowest BCUT2D eigenvalue weighted by Crippen LogP contribution is -2.42. The van der Waals surface area contributed by atoms with Crippen LogP contribution in [0.15, 0.2) is 30.3 Å². The van der Waals surface area contributed by atoms with Crippen LogP contribution in [0, 0.1) is 5.92 Å². The summed E-state index contributed by atoms with van der Waals surface area (Å²) in [4.78, 5) is 19.1. The van der Waals surface area contributed by atoms with Crippen molar-refractivity contribution in [1.82, 2.24) is 19.5 Å². The Morgan fingerprint density at radius 3 is 2.47 bits per heavy atom. The first-order chi connectivity index (χ1) is 14.5. The number of anilines is 2. The minimum absolute atomic E-state index is 0.0119. The van der Waals surface area contributed by atoms with E-state index in [9.17, 15) is 13.2 Å². The molecule has 1 aromatic carbocycles. The molecule has 0 atom stereocenters. The van der Waals surface area contributed by atoms with E-state index in [2.05, 4.69) is 25.4 Å². The summed E-state index contributed by atoms with van der Waals surface area (Å²) in [5.41, 5.74) is 0.771. The summed E-state index contributed by atoms with van der Waals surface area (Å²) in [6, 6.07) is 9.16. The molecular weight excluding hydrogens is 404 g/mol. The zero-order valence-electron chi connectivity index (χ0n) is 17.0. The number of nitrogens with zero attached hydrogens (tertiary/aromatic N) is 4. The lowest BCUT2D eigenvalue weighted by molar-refractivity contribution is -0.121. The summed E-state index contributed by atoms with van der Waals surface area (Å²) in [7, 11) is -3.39. The van der Waals surface area contributed by atoms with Gasteiger partial charge in [0.15, 0.2) is 0 Å². The van der Waals surface area contributed by atoms with E-state index in [-0.39, 0.29) is 17.6 Å². The minimum atomic E-state index is -3.39. The first kappa shape index (κ1) is 20.8. The van der Waals surface area contributed by atoms with E-state index in [1.807, 2.05) is 30.3 Å². The number of H-pyrrole nitrogens is 1. The Balaban J connectivity index is 1.28. The van der Waals surface area contributed by atoms with Crippen molar-refractivity contribution in [3.8, 4) is 0 Å². The van der Waals surface area contributed by atoms with Gasteiger partial charge in [-0.15, -0.1) is 5.10 Å². The topological polar surface area (TPSA) is 111 Å². The van der Waals surface area contributed by atoms with Crippen LogP contribution in [0.4, 0.5) is 11.9 Å². The summed E-state index contributed by atoms with van der Waals surface area (Å²) in [6.45, 7) is 2.56. The maximum absolute atomic E-state index is 12.7. The highest BCUT2D eigenvalue weighted by Crippen LogP contribution is 2.23. The third kappa shape index (κ3) is 4.99. The molecule has 10 heteroatoms. The van der Waals surface area contributed by atoms with Gasteiger partial charge in [0.05, 0.1) is 5.75 Å². The summed E-state index contributed by atoms with van der Waals surface area (Å²) in [5.74, 6) is 0.571. The smallest absolute Gasteiger partial charge is 0.246 e. The quantitative estimate of drug-likeness (QED) is 0.722. The maximum atomic E-state index is 12.7. The lowest BCUT2D eigenvalue weighted by atomic mass is 9.97. The van der Waals surface area contributed by atoms with Gasteiger partial charge in [0.25, 0.3) is 0 Å². The largest absolute Gasteiger partial charge is 0.340 e. The normalized spacial score (nSPS) is 19.0. The number of amides is 1. The summed E-state index contributed by atoms with van der Waals surface area (Å²) >= 11 is 0. The summed E-state index contributed by atoms with van der Waals surface area (Å²) in [6.07, 6.45) is 4.47. The van der Waals surface area contributed by atoms with E-state index >= 15 is 0 Å². The van der Waals surface area contributed by atoms with Gasteiger partial charge in [-0.2, -0.15) is 4.98 Å². The molecule has 0 aliphatic carbocycles. The number of carbonyl (C=O) groups excluding carboxylic acids is 1. The van der Waals surface area contributed by atoms with E-state index in [0.717, 1.165) is 31.5 Å². The van der Waals surface area contributed by atoms with Crippen molar-refractivity contribution < 1.29 is 13.2 Å². The molecule has 4 rings (SSSR count). The van der Waals surface area contributed by atoms with Gasteiger partial charge in [-0.25, -0.2) is 17.8 Å². The second-order valence-electron chi connectivity index (χ2n) is 7.94. The maximum Gasteiger partial charge on any atom is 0.246 e. The highest BCUT2D eigenvalue weighted by atomic mass is 32.2. The van der Waals surface area contributed by atoms with Gasteiger partial charge >= 0.3 is 0 Å². The van der Waals surface area contributed by atoms with E-state index < -0.39 is 10.0 Å². The van der Waals surface area contributed by atoms with Crippen molar-refractivity contribution in [1.29, 1.82) is 0 Å². The van der Waals surface area contributed by atoms with Crippen LogP contribution in [0.1, 0.15) is 37.7 Å². The molecule has 2 N–H and O–H groups in total. The lowest BCUT2D eigenvalue weighted by Gasteiger charge is -2.30. The number of carbonyl (C=O) groups is 1. The number of rotatable bonds is 6. The second kappa shape index (κ2) is 9.13. The highest BCUT2D eigenvalue weighted by molar-refractivity contribution is 7.88. The average Bonchev–Trinajstić information content (AvgIpc) is 3.23. The van der Waals surface area contributed by atoms with Crippen molar-refractivity contribution in [3.05, 3.63) is 35.9 Å². The SMILES string of the molecule is O=C(Nc1nc(N2CCCCC2)n[nH]1)C1CCN(S(=O)(=O)Cc2ccccc2)CC1. The van der Waals surface area contributed by atoms with Crippen LogP contribution < -0.4 is 10.2 Å². The van der Waals surface area contributed by atoms with Crippen LogP contribution in [0.25, 0.3) is 0 Å². The zero-order valence-corrected chi connectivity index (χ0v) is 17.8. The molecule has 2 saturated heterocycles. The molecule has 0 spiro atoms. The van der Waals surface area contributed by atoms with Crippen LogP contribution in [0.2, 0.25) is 0 Å². The number of hydrogen-bond donors (Lipinski definition) is 2. The number of piperidine rings is 2. The minimum Gasteiger partial charge on any atom is -0.340 e. The molecule has 2 aromatic rings. The van der Waals surface area contributed by atoms with E-state index in [1.54, 1.807) is 0 Å². The Bertz CT molecular complexity index is 948. The van der Waals surface area contributed by atoms with Gasteiger partial charge in [0.1, 0.15) is 0 Å². The molecule has 2 aliphatic rings. The monoisotopic (exact) mass is 432 g/mol. The molecule has 162 valence electrons. The van der Waals surface area contributed by atoms with Crippen molar-refractivity contribution in [2.45, 2.75) is 37.9 Å². The van der Waals surface area contributed by atoms with Gasteiger partial charge in [0, 0.05) is 32.1 Å². The molecule has 0 bridgehead atoms. The van der Waals surface area contributed by atoms with Gasteiger partial charge in [-0.1, -0.05) is 30.3 Å². The molecule has 1 aromatic heterocycles. The first-order valence-corrected chi connectivity index (χ1v) is 12.1. The fourth-order valence-electron chi connectivity index (χ4n) is 4.04. The van der Waals surface area contributed by atoms with Gasteiger partial charge in [-0.05, 0) is 37.7 Å². The van der Waals surface area contributed by atoms with Crippen molar-refractivity contribution >= 4 is 27.8 Å². The third-order valence-electron chi connectivity index (χ3n) is 5.76. The molecule has 0 unspecified atom stereocenters. The molecule has 0 radical (unpaired) electrons. The van der Waals surface area contributed by atoms with E-state index in [1.165, 1.54) is 10.7 Å². The van der Waals surface area contributed by atoms with Gasteiger partial charge in [-0.3, -0.25) is 10.1 Å². The van der Waals surface area contributed by atoms with Gasteiger partial charge in [0.2, 0.25) is 27.8 Å². The summed E-state index contributed by atoms with van der Waals surface area (Å²) < 4.78 is 26.8. The molecule has 9 nitrogen and oxygen atoms in total. The Labute approximate surface area is 176 Å². The summed E-state index contributed by atoms with van der Waals surface area (Å²) in [5, 5.41) is 9.80. The predicted octanol–water partition coefficient (Wildman–Crippen LogP) is 1.98. The van der Waals surface area contributed by atoms with Crippen molar-refractivity contribution in [2.24, 2.45) is 5.92 Å². The number of aromatic nitrogens is 3. The molecule has 2 aliphatic heterocycles. The number of sulfonamides is 1. The third-order valence-corrected chi connectivity index (χ3v) is 7.61. The second-order valence-corrected chi connectivity index (χ2v) is 9.91. The van der Waals surface area contributed by atoms with E-state index in [4.69, 9.17) is 0 Å². The highest BCUT2D eigenvalue weighted by Gasteiger charge is 2.31. The number of hydrogen-bond acceptors (Lipinski definition) is 6. The van der Waals surface area contributed by atoms with E-state index in [0.29, 0.717) is 37.8 Å². The van der Waals surface area contributed by atoms with Crippen LogP contribution >= 0.6 is 0 Å². The Hall–Kier alpha value is -2.46. The van der Waals surface area contributed by atoms with Crippen LogP contribution in [-0.4, -0.2) is 60.0 Å². The molecular formula is C20H28N6O3S. The van der Waals surface area contributed by atoms with Crippen LogP contribution in [-0.2, 0) is 20.6 Å². The van der Waals surface area contributed by atoms with Gasteiger partial charge < -0.3 is 4.90 Å². The average molecular weight is 433 g/mol. The Morgan fingerprint density at radius 2 is 1.77 bits per heavy atom. The molecule has 1 amide bonds.